The zero-order valence-electron chi connectivity index (χ0n) is 11.9. The van der Waals surface area contributed by atoms with Gasteiger partial charge in [0.05, 0.1) is 10.6 Å². The largest absolute Gasteiger partial charge is 0.480 e. The van der Waals surface area contributed by atoms with Crippen molar-refractivity contribution in [2.45, 2.75) is 24.3 Å². The number of anilines is 1. The number of sulfonamides is 1. The molecule has 22 heavy (non-hydrogen) atoms. The Morgan fingerprint density at radius 3 is 2.41 bits per heavy atom. The summed E-state index contributed by atoms with van der Waals surface area (Å²) in [4.78, 5) is 11.6. The molecule has 0 fully saturated rings. The topological polar surface area (TPSA) is 74.7 Å². The molecule has 0 radical (unpaired) electrons. The van der Waals surface area contributed by atoms with Gasteiger partial charge < -0.3 is 5.11 Å². The monoisotopic (exact) mass is 317 g/mol. The fourth-order valence-corrected chi connectivity index (χ4v) is 4.31. The number of hydrogen-bond donors (Lipinski definition) is 1. The number of rotatable bonds is 3. The highest BCUT2D eigenvalue weighted by Gasteiger charge is 2.42. The van der Waals surface area contributed by atoms with Crippen LogP contribution in [0.3, 0.4) is 0 Å². The van der Waals surface area contributed by atoms with E-state index in [1.54, 1.807) is 36.4 Å². The number of para-hydroxylation sites is 1. The van der Waals surface area contributed by atoms with Gasteiger partial charge in [0.1, 0.15) is 6.04 Å². The molecule has 1 aliphatic heterocycles. The summed E-state index contributed by atoms with van der Waals surface area (Å²) >= 11 is 0. The van der Waals surface area contributed by atoms with Gasteiger partial charge in [-0.2, -0.15) is 0 Å². The Balaban J connectivity index is 2.14. The molecule has 2 aromatic rings. The minimum absolute atomic E-state index is 0.0982. The number of aryl methyl sites for hydroxylation is 1. The fourth-order valence-electron chi connectivity index (χ4n) is 2.67. The first kappa shape index (κ1) is 14.6. The van der Waals surface area contributed by atoms with Crippen molar-refractivity contribution in [3.05, 3.63) is 59.7 Å². The lowest BCUT2D eigenvalue weighted by molar-refractivity contribution is -0.138. The zero-order chi connectivity index (χ0) is 15.9. The van der Waals surface area contributed by atoms with Crippen LogP contribution in [-0.2, 0) is 21.2 Å². The molecule has 114 valence electrons. The van der Waals surface area contributed by atoms with Gasteiger partial charge in [-0.1, -0.05) is 35.9 Å². The van der Waals surface area contributed by atoms with Crippen LogP contribution in [0.5, 0.6) is 0 Å². The highest BCUT2D eigenvalue weighted by atomic mass is 32.2. The van der Waals surface area contributed by atoms with E-state index in [1.807, 2.05) is 6.92 Å². The van der Waals surface area contributed by atoms with Crippen molar-refractivity contribution in [2.75, 3.05) is 4.31 Å². The first-order valence-electron chi connectivity index (χ1n) is 6.83. The first-order chi connectivity index (χ1) is 10.4. The van der Waals surface area contributed by atoms with Crippen molar-refractivity contribution in [1.29, 1.82) is 0 Å². The lowest BCUT2D eigenvalue weighted by Gasteiger charge is -2.24. The van der Waals surface area contributed by atoms with Gasteiger partial charge in [-0.25, -0.2) is 13.2 Å². The molecule has 0 amide bonds. The minimum atomic E-state index is -3.91. The van der Waals surface area contributed by atoms with Gasteiger partial charge in [-0.15, -0.1) is 0 Å². The van der Waals surface area contributed by atoms with Crippen molar-refractivity contribution in [2.24, 2.45) is 0 Å². The van der Waals surface area contributed by atoms with Crippen LogP contribution in [-0.4, -0.2) is 25.5 Å². The maximum absolute atomic E-state index is 12.9. The van der Waals surface area contributed by atoms with E-state index in [4.69, 9.17) is 0 Å². The van der Waals surface area contributed by atoms with Crippen LogP contribution in [0.2, 0.25) is 0 Å². The Kier molecular flexibility index (Phi) is 3.41. The van der Waals surface area contributed by atoms with Crippen LogP contribution in [0, 0.1) is 6.92 Å². The summed E-state index contributed by atoms with van der Waals surface area (Å²) < 4.78 is 26.8. The number of hydrogen-bond acceptors (Lipinski definition) is 3. The normalized spacial score (nSPS) is 17.3. The predicted molar refractivity (Wildman–Crippen MR) is 82.4 cm³/mol. The molecular weight excluding hydrogens is 302 g/mol. The lowest BCUT2D eigenvalue weighted by Crippen LogP contribution is -2.42. The molecule has 1 atom stereocenters. The second-order valence-electron chi connectivity index (χ2n) is 5.30. The number of nitrogens with zero attached hydrogens (tertiary/aromatic N) is 1. The molecule has 0 saturated carbocycles. The quantitative estimate of drug-likeness (QED) is 0.942. The van der Waals surface area contributed by atoms with Crippen LogP contribution in [0.15, 0.2) is 53.4 Å². The molecule has 3 rings (SSSR count). The van der Waals surface area contributed by atoms with Crippen LogP contribution >= 0.6 is 0 Å². The van der Waals surface area contributed by atoms with E-state index >= 15 is 0 Å². The van der Waals surface area contributed by atoms with Crippen LogP contribution in [0.4, 0.5) is 5.69 Å². The molecule has 0 aliphatic carbocycles. The minimum Gasteiger partial charge on any atom is -0.480 e. The fraction of sp³-hybridized carbons (Fsp3) is 0.188. The smallest absolute Gasteiger partial charge is 0.327 e. The third-order valence-electron chi connectivity index (χ3n) is 3.79. The number of benzene rings is 2. The third kappa shape index (κ3) is 2.25. The Morgan fingerprint density at radius 1 is 1.14 bits per heavy atom. The average Bonchev–Trinajstić information content (AvgIpc) is 2.88. The van der Waals surface area contributed by atoms with Gasteiger partial charge in [-0.3, -0.25) is 4.31 Å². The van der Waals surface area contributed by atoms with Crippen LogP contribution in [0.1, 0.15) is 11.1 Å². The summed E-state index contributed by atoms with van der Waals surface area (Å²) in [6.07, 6.45) is 0.177. The molecule has 1 N–H and O–H groups in total. The molecule has 6 heteroatoms. The number of carboxylic acid groups (broad SMARTS) is 1. The molecule has 0 saturated heterocycles. The summed E-state index contributed by atoms with van der Waals surface area (Å²) in [5, 5.41) is 9.40. The van der Waals surface area contributed by atoms with Crippen molar-refractivity contribution in [3.63, 3.8) is 0 Å². The van der Waals surface area contributed by atoms with Gasteiger partial charge in [0.2, 0.25) is 0 Å². The predicted octanol–water partition coefficient (Wildman–Crippen LogP) is 2.20. The SMILES string of the molecule is Cc1ccc(S(=O)(=O)N2c3ccccc3C[C@H]2C(=O)O)cc1. The van der Waals surface area contributed by atoms with E-state index in [0.29, 0.717) is 5.69 Å². The average molecular weight is 317 g/mol. The van der Waals surface area contributed by atoms with E-state index in [1.165, 1.54) is 12.1 Å². The van der Waals surface area contributed by atoms with Crippen LogP contribution in [0.25, 0.3) is 0 Å². The molecule has 5 nitrogen and oxygen atoms in total. The highest BCUT2D eigenvalue weighted by molar-refractivity contribution is 7.93. The summed E-state index contributed by atoms with van der Waals surface area (Å²) in [6, 6.07) is 12.2. The Labute approximate surface area is 128 Å². The molecule has 1 heterocycles. The lowest BCUT2D eigenvalue weighted by atomic mass is 10.1. The Morgan fingerprint density at radius 2 is 1.77 bits per heavy atom. The van der Waals surface area contributed by atoms with E-state index in [2.05, 4.69) is 0 Å². The van der Waals surface area contributed by atoms with E-state index in [9.17, 15) is 18.3 Å². The van der Waals surface area contributed by atoms with E-state index in [-0.39, 0.29) is 11.3 Å². The van der Waals surface area contributed by atoms with Gasteiger partial charge in [0.15, 0.2) is 0 Å². The summed E-state index contributed by atoms with van der Waals surface area (Å²) in [5.74, 6) is -1.15. The Hall–Kier alpha value is -2.34. The van der Waals surface area contributed by atoms with Crippen LogP contribution < -0.4 is 4.31 Å². The Bertz CT molecular complexity index is 827. The maximum Gasteiger partial charge on any atom is 0.327 e. The molecule has 0 aromatic heterocycles. The number of aliphatic carboxylic acids is 1. The second-order valence-corrected chi connectivity index (χ2v) is 7.12. The number of carboxylic acids is 1. The first-order valence-corrected chi connectivity index (χ1v) is 8.27. The molecule has 2 aromatic carbocycles. The summed E-state index contributed by atoms with van der Waals surface area (Å²) in [5.41, 5.74) is 2.11. The van der Waals surface area contributed by atoms with Crippen molar-refractivity contribution >= 4 is 21.7 Å². The van der Waals surface area contributed by atoms with Gasteiger partial charge in [0, 0.05) is 6.42 Å². The highest BCUT2D eigenvalue weighted by Crippen LogP contribution is 2.36. The van der Waals surface area contributed by atoms with Crippen molar-refractivity contribution < 1.29 is 18.3 Å². The van der Waals surface area contributed by atoms with E-state index < -0.39 is 22.0 Å². The molecule has 0 unspecified atom stereocenters. The summed E-state index contributed by atoms with van der Waals surface area (Å²) in [7, 11) is -3.91. The second kappa shape index (κ2) is 5.14. The maximum atomic E-state index is 12.9. The standard InChI is InChI=1S/C16H15NO4S/c1-11-6-8-13(9-7-11)22(20,21)17-14-5-3-2-4-12(14)10-15(17)16(18)19/h2-9,15H,10H2,1H3,(H,18,19)/t15-/m0/s1. The van der Waals surface area contributed by atoms with Crippen molar-refractivity contribution in [1.82, 2.24) is 0 Å². The van der Waals surface area contributed by atoms with Gasteiger partial charge >= 0.3 is 5.97 Å². The summed E-state index contributed by atoms with van der Waals surface area (Å²) in [6.45, 7) is 1.86. The number of carbonyl (C=O) groups is 1. The van der Waals surface area contributed by atoms with Crippen molar-refractivity contribution in [3.8, 4) is 0 Å². The molecule has 1 aliphatic rings. The molecule has 0 bridgehead atoms. The molecular formula is C16H15NO4S. The van der Waals surface area contributed by atoms with Gasteiger partial charge in [-0.05, 0) is 30.7 Å². The zero-order valence-corrected chi connectivity index (χ0v) is 12.7. The molecule has 0 spiro atoms. The number of fused-ring (bicyclic) bond motifs is 1. The van der Waals surface area contributed by atoms with Gasteiger partial charge in [0.25, 0.3) is 10.0 Å². The third-order valence-corrected chi connectivity index (χ3v) is 5.63. The van der Waals surface area contributed by atoms with E-state index in [0.717, 1.165) is 15.4 Å².